The van der Waals surface area contributed by atoms with Crippen LogP contribution in [0.1, 0.15) is 23.5 Å². The van der Waals surface area contributed by atoms with Gasteiger partial charge in [0.1, 0.15) is 0 Å². The molecular formula is C22H26BrN3O. The molecule has 1 amide bonds. The molecule has 0 spiro atoms. The molecule has 2 aromatic rings. The van der Waals surface area contributed by atoms with Gasteiger partial charge in [0.05, 0.1) is 0 Å². The number of nitrogens with one attached hydrogen (secondary N) is 1. The van der Waals surface area contributed by atoms with Crippen LogP contribution in [0.3, 0.4) is 0 Å². The van der Waals surface area contributed by atoms with Crippen LogP contribution in [-0.4, -0.2) is 48.9 Å². The average molecular weight is 428 g/mol. The van der Waals surface area contributed by atoms with Gasteiger partial charge in [-0.05, 0) is 54.8 Å². The molecule has 2 aliphatic rings. The molecule has 1 saturated carbocycles. The Morgan fingerprint density at radius 2 is 1.85 bits per heavy atom. The van der Waals surface area contributed by atoms with Crippen LogP contribution in [0.5, 0.6) is 0 Å². The summed E-state index contributed by atoms with van der Waals surface area (Å²) in [6.07, 6.45) is 0.934. The van der Waals surface area contributed by atoms with Gasteiger partial charge in [-0.3, -0.25) is 9.69 Å². The van der Waals surface area contributed by atoms with E-state index in [9.17, 15) is 4.79 Å². The summed E-state index contributed by atoms with van der Waals surface area (Å²) in [5.41, 5.74) is 3.44. The van der Waals surface area contributed by atoms with Crippen LogP contribution in [0.4, 0.5) is 5.69 Å². The summed E-state index contributed by atoms with van der Waals surface area (Å²) in [5, 5.41) is 3.08. The topological polar surface area (TPSA) is 35.6 Å². The highest BCUT2D eigenvalue weighted by atomic mass is 79.9. The van der Waals surface area contributed by atoms with Gasteiger partial charge in [0.15, 0.2) is 0 Å². The summed E-state index contributed by atoms with van der Waals surface area (Å²) in [5.74, 6) is 0.565. The van der Waals surface area contributed by atoms with Crippen molar-refractivity contribution in [2.45, 2.75) is 18.9 Å². The number of likely N-dealkylation sites (N-methyl/N-ethyl adjacent to an activating group) is 1. The van der Waals surface area contributed by atoms with E-state index >= 15 is 0 Å². The summed E-state index contributed by atoms with van der Waals surface area (Å²) in [6.45, 7) is 5.49. The van der Waals surface area contributed by atoms with Crippen LogP contribution in [0.15, 0.2) is 53.0 Å². The Labute approximate surface area is 169 Å². The van der Waals surface area contributed by atoms with Gasteiger partial charge in [-0.2, -0.15) is 0 Å². The summed E-state index contributed by atoms with van der Waals surface area (Å²) < 4.78 is 1.07. The third-order valence-electron chi connectivity index (χ3n) is 5.63. The van der Waals surface area contributed by atoms with E-state index in [1.54, 1.807) is 0 Å². The van der Waals surface area contributed by atoms with Gasteiger partial charge in [0.25, 0.3) is 0 Å². The molecule has 0 aromatic heterocycles. The molecule has 2 unspecified atom stereocenters. The minimum atomic E-state index is 0.0873. The molecule has 142 valence electrons. The van der Waals surface area contributed by atoms with Gasteiger partial charge in [0.2, 0.25) is 5.91 Å². The molecule has 1 aliphatic carbocycles. The van der Waals surface area contributed by atoms with Crippen molar-refractivity contribution in [1.82, 2.24) is 9.80 Å². The number of hydrogen-bond donors (Lipinski definition) is 1. The highest BCUT2D eigenvalue weighted by molar-refractivity contribution is 9.10. The molecule has 1 heterocycles. The third-order valence-corrected chi connectivity index (χ3v) is 6.12. The number of rotatable bonds is 5. The number of anilines is 1. The SMILES string of the molecule is CN1CCN(Cc2ccc(NC(=O)C3CC3c3cccc(Br)c3)cc2)CC1. The van der Waals surface area contributed by atoms with E-state index in [0.717, 1.165) is 49.3 Å². The van der Waals surface area contributed by atoms with Crippen molar-refractivity contribution in [3.05, 3.63) is 64.1 Å². The predicted molar refractivity (Wildman–Crippen MR) is 113 cm³/mol. The smallest absolute Gasteiger partial charge is 0.228 e. The van der Waals surface area contributed by atoms with Crippen LogP contribution in [-0.2, 0) is 11.3 Å². The highest BCUT2D eigenvalue weighted by Crippen LogP contribution is 2.48. The highest BCUT2D eigenvalue weighted by Gasteiger charge is 2.43. The Kier molecular flexibility index (Phi) is 5.62. The molecule has 2 atom stereocenters. The number of nitrogens with zero attached hydrogens (tertiary/aromatic N) is 2. The first-order valence-corrected chi connectivity index (χ1v) is 10.4. The van der Waals surface area contributed by atoms with Gasteiger partial charge in [0, 0.05) is 48.8 Å². The van der Waals surface area contributed by atoms with Gasteiger partial charge in [-0.25, -0.2) is 0 Å². The lowest BCUT2D eigenvalue weighted by atomic mass is 10.1. The Balaban J connectivity index is 1.29. The fraction of sp³-hybridized carbons (Fsp3) is 0.409. The maximum atomic E-state index is 12.5. The fourth-order valence-electron chi connectivity index (χ4n) is 3.78. The Morgan fingerprint density at radius 1 is 1.11 bits per heavy atom. The minimum absolute atomic E-state index is 0.0873. The number of hydrogen-bond acceptors (Lipinski definition) is 3. The van der Waals surface area contributed by atoms with Gasteiger partial charge in [-0.15, -0.1) is 0 Å². The first kappa shape index (κ1) is 18.7. The average Bonchev–Trinajstić information content (AvgIpc) is 3.46. The molecule has 4 rings (SSSR count). The lowest BCUT2D eigenvalue weighted by Crippen LogP contribution is -2.43. The van der Waals surface area contributed by atoms with Crippen LogP contribution in [0.2, 0.25) is 0 Å². The standard InChI is InChI=1S/C22H26BrN3O/c1-25-9-11-26(12-10-25)15-16-5-7-19(8-6-16)24-22(27)21-14-20(21)17-3-2-4-18(23)13-17/h2-8,13,20-21H,9-12,14-15H2,1H3,(H,24,27). The number of carbonyl (C=O) groups is 1. The molecular weight excluding hydrogens is 402 g/mol. The molecule has 0 bridgehead atoms. The monoisotopic (exact) mass is 427 g/mol. The number of halogens is 1. The van der Waals surface area contributed by atoms with Crippen molar-refractivity contribution in [3.8, 4) is 0 Å². The maximum absolute atomic E-state index is 12.5. The van der Waals surface area contributed by atoms with Crippen LogP contribution < -0.4 is 5.32 Å². The van der Waals surface area contributed by atoms with E-state index in [0.29, 0.717) is 5.92 Å². The number of piperazine rings is 1. The number of benzene rings is 2. The summed E-state index contributed by atoms with van der Waals surface area (Å²) in [7, 11) is 2.18. The lowest BCUT2D eigenvalue weighted by molar-refractivity contribution is -0.117. The molecule has 27 heavy (non-hydrogen) atoms. The van der Waals surface area contributed by atoms with Crippen LogP contribution in [0, 0.1) is 5.92 Å². The third kappa shape index (κ3) is 4.78. The fourth-order valence-corrected chi connectivity index (χ4v) is 4.20. The van der Waals surface area contributed by atoms with Crippen LogP contribution >= 0.6 is 15.9 Å². The van der Waals surface area contributed by atoms with E-state index in [2.05, 4.69) is 62.4 Å². The van der Waals surface area contributed by atoms with Crippen molar-refractivity contribution < 1.29 is 4.79 Å². The molecule has 5 heteroatoms. The quantitative estimate of drug-likeness (QED) is 0.784. The van der Waals surface area contributed by atoms with Crippen molar-refractivity contribution in [1.29, 1.82) is 0 Å². The first-order chi connectivity index (χ1) is 13.1. The summed E-state index contributed by atoms with van der Waals surface area (Å²) in [4.78, 5) is 17.4. The number of carbonyl (C=O) groups excluding carboxylic acids is 1. The van der Waals surface area contributed by atoms with Crippen molar-refractivity contribution >= 4 is 27.5 Å². The Hall–Kier alpha value is -1.69. The maximum Gasteiger partial charge on any atom is 0.228 e. The van der Waals surface area contributed by atoms with E-state index in [1.165, 1.54) is 11.1 Å². The van der Waals surface area contributed by atoms with Gasteiger partial charge < -0.3 is 10.2 Å². The van der Waals surface area contributed by atoms with Crippen molar-refractivity contribution in [2.24, 2.45) is 5.92 Å². The molecule has 2 fully saturated rings. The van der Waals surface area contributed by atoms with E-state index in [-0.39, 0.29) is 11.8 Å². The summed E-state index contributed by atoms with van der Waals surface area (Å²) in [6, 6.07) is 16.6. The molecule has 1 saturated heterocycles. The predicted octanol–water partition coefficient (Wildman–Crippen LogP) is 3.94. The molecule has 2 aromatic carbocycles. The second-order valence-corrected chi connectivity index (χ2v) is 8.68. The van der Waals surface area contributed by atoms with Crippen molar-refractivity contribution in [2.75, 3.05) is 38.5 Å². The van der Waals surface area contributed by atoms with Crippen LogP contribution in [0.25, 0.3) is 0 Å². The Morgan fingerprint density at radius 3 is 2.56 bits per heavy atom. The van der Waals surface area contributed by atoms with E-state index in [1.807, 2.05) is 24.3 Å². The van der Waals surface area contributed by atoms with Gasteiger partial charge in [-0.1, -0.05) is 40.2 Å². The van der Waals surface area contributed by atoms with E-state index < -0.39 is 0 Å². The first-order valence-electron chi connectivity index (χ1n) is 9.64. The Bertz CT molecular complexity index is 799. The number of amides is 1. The molecule has 4 nitrogen and oxygen atoms in total. The normalized spacial score (nSPS) is 23.2. The largest absolute Gasteiger partial charge is 0.326 e. The van der Waals surface area contributed by atoms with E-state index in [4.69, 9.17) is 0 Å². The molecule has 1 N–H and O–H groups in total. The second-order valence-electron chi connectivity index (χ2n) is 7.77. The minimum Gasteiger partial charge on any atom is -0.326 e. The lowest BCUT2D eigenvalue weighted by Gasteiger charge is -2.32. The van der Waals surface area contributed by atoms with Crippen molar-refractivity contribution in [3.63, 3.8) is 0 Å². The summed E-state index contributed by atoms with van der Waals surface area (Å²) >= 11 is 3.51. The molecule has 0 radical (unpaired) electrons. The zero-order chi connectivity index (χ0) is 18.8. The van der Waals surface area contributed by atoms with Gasteiger partial charge >= 0.3 is 0 Å². The zero-order valence-corrected chi connectivity index (χ0v) is 17.3. The second kappa shape index (κ2) is 8.13. The zero-order valence-electron chi connectivity index (χ0n) is 15.7. The molecule has 1 aliphatic heterocycles.